The maximum absolute atomic E-state index is 12.1. The fourth-order valence-corrected chi connectivity index (χ4v) is 2.46. The number of hydrogen-bond acceptors (Lipinski definition) is 3. The Balaban J connectivity index is 1.66. The van der Waals surface area contributed by atoms with E-state index in [2.05, 4.69) is 10.6 Å². The highest BCUT2D eigenvalue weighted by atomic mass is 16.2. The Morgan fingerprint density at radius 3 is 2.30 bits per heavy atom. The number of aryl methyl sites for hydroxylation is 1. The van der Waals surface area contributed by atoms with Crippen LogP contribution in [-0.2, 0) is 9.59 Å². The summed E-state index contributed by atoms with van der Waals surface area (Å²) in [5.41, 5.74) is 2.41. The molecular formula is C21H25N3O3. The smallest absolute Gasteiger partial charge is 0.251 e. The van der Waals surface area contributed by atoms with Gasteiger partial charge < -0.3 is 15.5 Å². The van der Waals surface area contributed by atoms with E-state index >= 15 is 0 Å². The van der Waals surface area contributed by atoms with Crippen LogP contribution in [0.15, 0.2) is 54.6 Å². The highest BCUT2D eigenvalue weighted by Crippen LogP contribution is 2.08. The van der Waals surface area contributed by atoms with Gasteiger partial charge in [-0.15, -0.1) is 0 Å². The van der Waals surface area contributed by atoms with Crippen molar-refractivity contribution in [1.82, 2.24) is 10.2 Å². The van der Waals surface area contributed by atoms with Crippen LogP contribution in [0.25, 0.3) is 0 Å². The van der Waals surface area contributed by atoms with Gasteiger partial charge in [-0.05, 0) is 37.6 Å². The van der Waals surface area contributed by atoms with Gasteiger partial charge in [-0.1, -0.05) is 35.9 Å². The van der Waals surface area contributed by atoms with Crippen LogP contribution in [-0.4, -0.2) is 42.8 Å². The molecule has 0 radical (unpaired) electrons. The van der Waals surface area contributed by atoms with Crippen molar-refractivity contribution < 1.29 is 14.4 Å². The second kappa shape index (κ2) is 10.1. The predicted molar refractivity (Wildman–Crippen MR) is 105 cm³/mol. The molecule has 0 aliphatic heterocycles. The number of amides is 3. The lowest BCUT2D eigenvalue weighted by molar-refractivity contribution is -0.133. The Kier molecular flexibility index (Phi) is 7.55. The monoisotopic (exact) mass is 367 g/mol. The van der Waals surface area contributed by atoms with Crippen molar-refractivity contribution in [2.24, 2.45) is 0 Å². The fourth-order valence-electron chi connectivity index (χ4n) is 2.46. The van der Waals surface area contributed by atoms with Crippen molar-refractivity contribution in [3.63, 3.8) is 0 Å². The van der Waals surface area contributed by atoms with E-state index in [0.29, 0.717) is 24.2 Å². The van der Waals surface area contributed by atoms with E-state index in [1.807, 2.05) is 37.3 Å². The molecule has 2 rings (SSSR count). The normalized spacial score (nSPS) is 10.1. The second-order valence-electron chi connectivity index (χ2n) is 6.39. The number of likely N-dealkylation sites (N-methyl/N-ethyl adjacent to an activating group) is 1. The molecule has 0 aliphatic rings. The van der Waals surface area contributed by atoms with Gasteiger partial charge >= 0.3 is 0 Å². The maximum atomic E-state index is 12.1. The summed E-state index contributed by atoms with van der Waals surface area (Å²) < 4.78 is 0. The van der Waals surface area contributed by atoms with Gasteiger partial charge in [0.1, 0.15) is 0 Å². The SMILES string of the molecule is Cc1ccc(NC(=O)CN(C)C(=O)CCCNC(=O)c2ccccc2)cc1. The molecule has 6 heteroatoms. The summed E-state index contributed by atoms with van der Waals surface area (Å²) in [6.07, 6.45) is 0.782. The minimum Gasteiger partial charge on any atom is -0.352 e. The number of nitrogens with zero attached hydrogens (tertiary/aromatic N) is 1. The average molecular weight is 367 g/mol. The molecular weight excluding hydrogens is 342 g/mol. The molecule has 0 spiro atoms. The largest absolute Gasteiger partial charge is 0.352 e. The van der Waals surface area contributed by atoms with Crippen molar-refractivity contribution in [2.75, 3.05) is 25.5 Å². The van der Waals surface area contributed by atoms with E-state index in [0.717, 1.165) is 5.56 Å². The van der Waals surface area contributed by atoms with Crippen LogP contribution in [0, 0.1) is 6.92 Å². The first-order valence-corrected chi connectivity index (χ1v) is 8.89. The number of benzene rings is 2. The summed E-state index contributed by atoms with van der Waals surface area (Å²) >= 11 is 0. The Morgan fingerprint density at radius 2 is 1.63 bits per heavy atom. The number of anilines is 1. The zero-order chi connectivity index (χ0) is 19.6. The molecule has 6 nitrogen and oxygen atoms in total. The molecule has 0 aliphatic carbocycles. The summed E-state index contributed by atoms with van der Waals surface area (Å²) in [5.74, 6) is -0.538. The van der Waals surface area contributed by atoms with Crippen molar-refractivity contribution >= 4 is 23.4 Å². The summed E-state index contributed by atoms with van der Waals surface area (Å²) in [6, 6.07) is 16.4. The Bertz CT molecular complexity index is 773. The zero-order valence-corrected chi connectivity index (χ0v) is 15.7. The first-order chi connectivity index (χ1) is 13.0. The van der Waals surface area contributed by atoms with Gasteiger partial charge in [0.2, 0.25) is 11.8 Å². The molecule has 0 saturated carbocycles. The quantitative estimate of drug-likeness (QED) is 0.704. The standard InChI is InChI=1S/C21H25N3O3/c1-16-10-12-18(13-11-16)23-19(25)15-24(2)20(26)9-6-14-22-21(27)17-7-4-3-5-8-17/h3-5,7-8,10-13H,6,9,14-15H2,1-2H3,(H,22,27)(H,23,25). The van der Waals surface area contributed by atoms with Crippen LogP contribution in [0.5, 0.6) is 0 Å². The molecule has 0 saturated heterocycles. The molecule has 27 heavy (non-hydrogen) atoms. The number of carbonyl (C=O) groups is 3. The van der Waals surface area contributed by atoms with E-state index in [-0.39, 0.29) is 30.7 Å². The predicted octanol–water partition coefficient (Wildman–Crippen LogP) is 2.60. The van der Waals surface area contributed by atoms with Gasteiger partial charge in [0.05, 0.1) is 6.54 Å². The molecule has 2 aromatic carbocycles. The van der Waals surface area contributed by atoms with Crippen molar-refractivity contribution in [2.45, 2.75) is 19.8 Å². The van der Waals surface area contributed by atoms with Gasteiger partial charge in [-0.2, -0.15) is 0 Å². The highest BCUT2D eigenvalue weighted by Gasteiger charge is 2.13. The molecule has 0 atom stereocenters. The third-order valence-electron chi connectivity index (χ3n) is 4.03. The van der Waals surface area contributed by atoms with Gasteiger partial charge in [-0.25, -0.2) is 0 Å². The van der Waals surface area contributed by atoms with Gasteiger partial charge in [0.25, 0.3) is 5.91 Å². The first-order valence-electron chi connectivity index (χ1n) is 8.89. The Labute approximate surface area is 159 Å². The molecule has 2 aromatic rings. The summed E-state index contributed by atoms with van der Waals surface area (Å²) in [6.45, 7) is 2.37. The van der Waals surface area contributed by atoms with Gasteiger partial charge in [-0.3, -0.25) is 14.4 Å². The lowest BCUT2D eigenvalue weighted by Crippen LogP contribution is -2.35. The van der Waals surface area contributed by atoms with E-state index < -0.39 is 0 Å². The van der Waals surface area contributed by atoms with Crippen LogP contribution in [0.2, 0.25) is 0 Å². The minimum atomic E-state index is -0.243. The summed E-state index contributed by atoms with van der Waals surface area (Å²) in [5, 5.41) is 5.55. The fraction of sp³-hybridized carbons (Fsp3) is 0.286. The molecule has 0 bridgehead atoms. The van der Waals surface area contributed by atoms with Crippen LogP contribution in [0.3, 0.4) is 0 Å². The van der Waals surface area contributed by atoms with Gasteiger partial charge in [0.15, 0.2) is 0 Å². The number of carbonyl (C=O) groups excluding carboxylic acids is 3. The van der Waals surface area contributed by atoms with E-state index in [4.69, 9.17) is 0 Å². The topological polar surface area (TPSA) is 78.5 Å². The Morgan fingerprint density at radius 1 is 0.963 bits per heavy atom. The lowest BCUT2D eigenvalue weighted by atomic mass is 10.2. The molecule has 142 valence electrons. The molecule has 2 N–H and O–H groups in total. The molecule has 3 amide bonds. The Hall–Kier alpha value is -3.15. The average Bonchev–Trinajstić information content (AvgIpc) is 2.67. The molecule has 0 aromatic heterocycles. The zero-order valence-electron chi connectivity index (χ0n) is 15.7. The lowest BCUT2D eigenvalue weighted by Gasteiger charge is -2.17. The van der Waals surface area contributed by atoms with E-state index in [1.54, 1.807) is 31.3 Å². The molecule has 0 heterocycles. The van der Waals surface area contributed by atoms with Crippen molar-refractivity contribution in [1.29, 1.82) is 0 Å². The number of nitrogens with one attached hydrogen (secondary N) is 2. The number of hydrogen-bond donors (Lipinski definition) is 2. The highest BCUT2D eigenvalue weighted by molar-refractivity contribution is 5.95. The van der Waals surface area contributed by atoms with Crippen molar-refractivity contribution in [3.8, 4) is 0 Å². The molecule has 0 unspecified atom stereocenters. The van der Waals surface area contributed by atoms with Crippen LogP contribution < -0.4 is 10.6 Å². The summed E-state index contributed by atoms with van der Waals surface area (Å²) in [4.78, 5) is 37.4. The third kappa shape index (κ3) is 6.93. The maximum Gasteiger partial charge on any atom is 0.251 e. The van der Waals surface area contributed by atoms with E-state index in [9.17, 15) is 14.4 Å². The summed E-state index contributed by atoms with van der Waals surface area (Å²) in [7, 11) is 1.60. The second-order valence-corrected chi connectivity index (χ2v) is 6.39. The van der Waals surface area contributed by atoms with Crippen LogP contribution in [0.1, 0.15) is 28.8 Å². The van der Waals surface area contributed by atoms with Crippen LogP contribution in [0.4, 0.5) is 5.69 Å². The third-order valence-corrected chi connectivity index (χ3v) is 4.03. The first kappa shape index (κ1) is 20.2. The minimum absolute atomic E-state index is 0.0108. The van der Waals surface area contributed by atoms with Crippen LogP contribution >= 0.6 is 0 Å². The van der Waals surface area contributed by atoms with Gasteiger partial charge in [0, 0.05) is 31.3 Å². The van der Waals surface area contributed by atoms with Crippen molar-refractivity contribution in [3.05, 3.63) is 65.7 Å². The molecule has 0 fully saturated rings. The number of rotatable bonds is 8. The van der Waals surface area contributed by atoms with E-state index in [1.165, 1.54) is 4.90 Å².